The van der Waals surface area contributed by atoms with Gasteiger partial charge in [-0.25, -0.2) is 4.98 Å². The number of carbonyl (C=O) groups is 1. The first kappa shape index (κ1) is 17.7. The molecule has 0 amide bonds. The molecule has 0 radical (unpaired) electrons. The molecular weight excluding hydrogens is 383 g/mol. The monoisotopic (exact) mass is 396 g/mol. The molecule has 0 saturated carbocycles. The van der Waals surface area contributed by atoms with Crippen molar-refractivity contribution < 1.29 is 9.32 Å². The van der Waals surface area contributed by atoms with Crippen molar-refractivity contribution >= 4 is 51.3 Å². The molecule has 6 nitrogen and oxygen atoms in total. The molecule has 9 heteroatoms. The summed E-state index contributed by atoms with van der Waals surface area (Å²) < 4.78 is 5.18. The van der Waals surface area contributed by atoms with Crippen molar-refractivity contribution in [2.75, 3.05) is 11.1 Å². The summed E-state index contributed by atoms with van der Waals surface area (Å²) >= 11 is 13.1. The fourth-order valence-electron chi connectivity index (χ4n) is 2.09. The minimum atomic E-state index is -0.370. The number of benzene rings is 1. The van der Waals surface area contributed by atoms with E-state index in [-0.39, 0.29) is 23.4 Å². The molecule has 130 valence electrons. The molecule has 0 atom stereocenters. The number of nitrogen functional groups attached to an aromatic ring is 1. The van der Waals surface area contributed by atoms with E-state index in [0.29, 0.717) is 31.3 Å². The van der Waals surface area contributed by atoms with Gasteiger partial charge in [0.25, 0.3) is 0 Å². The van der Waals surface area contributed by atoms with Gasteiger partial charge in [-0.2, -0.15) is 0 Å². The smallest absolute Gasteiger partial charge is 0.244 e. The van der Waals surface area contributed by atoms with Crippen LogP contribution in [0.1, 0.15) is 29.3 Å². The van der Waals surface area contributed by atoms with Gasteiger partial charge < -0.3 is 15.6 Å². The van der Waals surface area contributed by atoms with Crippen molar-refractivity contribution in [1.29, 1.82) is 0 Å². The van der Waals surface area contributed by atoms with Crippen molar-refractivity contribution in [1.82, 2.24) is 10.1 Å². The number of carbonyl (C=O) groups excluding carboxylic acids is 1. The Bertz CT molecular complexity index is 936. The molecule has 0 aliphatic rings. The Hall–Kier alpha value is -2.09. The molecule has 3 aromatic rings. The molecule has 25 heavy (non-hydrogen) atoms. The third-order valence-corrected chi connectivity index (χ3v) is 4.96. The van der Waals surface area contributed by atoms with Gasteiger partial charge in [-0.1, -0.05) is 45.8 Å². The summed E-state index contributed by atoms with van der Waals surface area (Å²) in [4.78, 5) is 17.1. The number of ketones is 1. The van der Waals surface area contributed by atoms with E-state index in [1.807, 2.05) is 13.8 Å². The van der Waals surface area contributed by atoms with Crippen LogP contribution in [0, 0.1) is 0 Å². The van der Waals surface area contributed by atoms with Crippen LogP contribution in [0.3, 0.4) is 0 Å². The van der Waals surface area contributed by atoms with Crippen molar-refractivity contribution in [3.8, 4) is 11.3 Å². The number of anilines is 2. The quantitative estimate of drug-likeness (QED) is 0.604. The molecule has 0 saturated heterocycles. The van der Waals surface area contributed by atoms with Crippen LogP contribution in [0.2, 0.25) is 10.0 Å². The van der Waals surface area contributed by atoms with E-state index in [9.17, 15) is 4.79 Å². The maximum absolute atomic E-state index is 12.6. The van der Waals surface area contributed by atoms with Crippen molar-refractivity contribution in [3.63, 3.8) is 0 Å². The lowest BCUT2D eigenvalue weighted by molar-refractivity contribution is 0.100. The van der Waals surface area contributed by atoms with Gasteiger partial charge in [0, 0.05) is 17.7 Å². The Morgan fingerprint density at radius 3 is 2.72 bits per heavy atom. The zero-order valence-electron chi connectivity index (χ0n) is 13.3. The number of rotatable bonds is 5. The first-order valence-corrected chi connectivity index (χ1v) is 8.92. The summed E-state index contributed by atoms with van der Waals surface area (Å²) in [6, 6.07) is 6.77. The van der Waals surface area contributed by atoms with Gasteiger partial charge >= 0.3 is 0 Å². The minimum absolute atomic E-state index is 0.0764. The Labute approximate surface area is 157 Å². The van der Waals surface area contributed by atoms with Crippen LogP contribution in [0.25, 0.3) is 11.3 Å². The predicted molar refractivity (Wildman–Crippen MR) is 101 cm³/mol. The Balaban J connectivity index is 1.88. The average Bonchev–Trinajstić information content (AvgIpc) is 3.16. The fraction of sp³-hybridized carbons (Fsp3) is 0.188. The van der Waals surface area contributed by atoms with E-state index < -0.39 is 0 Å². The molecule has 0 bridgehead atoms. The first-order valence-electron chi connectivity index (χ1n) is 7.35. The number of nitrogens with zero attached hydrogens (tertiary/aromatic N) is 2. The van der Waals surface area contributed by atoms with Crippen LogP contribution in [-0.4, -0.2) is 22.0 Å². The van der Waals surface area contributed by atoms with Gasteiger partial charge in [0.05, 0.1) is 10.0 Å². The maximum Gasteiger partial charge on any atom is 0.244 e. The molecule has 0 aliphatic carbocycles. The molecule has 1 aromatic carbocycles. The summed E-state index contributed by atoms with van der Waals surface area (Å²) in [6.45, 7) is 3.94. The Morgan fingerprint density at radius 1 is 1.28 bits per heavy atom. The summed E-state index contributed by atoms with van der Waals surface area (Å²) in [5.41, 5.74) is 7.02. The van der Waals surface area contributed by atoms with Crippen LogP contribution in [0.4, 0.5) is 10.9 Å². The third kappa shape index (κ3) is 3.78. The SMILES string of the molecule is CC(C)Nc1nc(N)c(C(=O)c2cc(-c3ccc(Cl)c(Cl)c3)no2)s1. The molecule has 2 heterocycles. The van der Waals surface area contributed by atoms with Crippen LogP contribution in [-0.2, 0) is 0 Å². The third-order valence-electron chi connectivity index (χ3n) is 3.22. The van der Waals surface area contributed by atoms with Gasteiger partial charge in [0.2, 0.25) is 11.5 Å². The number of thiazole rings is 1. The lowest BCUT2D eigenvalue weighted by Crippen LogP contribution is -2.09. The number of nitrogens with two attached hydrogens (primary N) is 1. The zero-order chi connectivity index (χ0) is 18.1. The molecule has 0 unspecified atom stereocenters. The Morgan fingerprint density at radius 2 is 2.04 bits per heavy atom. The number of aromatic nitrogens is 2. The van der Waals surface area contributed by atoms with E-state index >= 15 is 0 Å². The second kappa shape index (κ2) is 7.03. The highest BCUT2D eigenvalue weighted by molar-refractivity contribution is 7.18. The summed E-state index contributed by atoms with van der Waals surface area (Å²) in [5.74, 6) is -0.135. The lowest BCUT2D eigenvalue weighted by atomic mass is 10.1. The Kier molecular flexibility index (Phi) is 4.99. The van der Waals surface area contributed by atoms with E-state index in [0.717, 1.165) is 0 Å². The molecular formula is C16H14Cl2N4O2S. The highest BCUT2D eigenvalue weighted by atomic mass is 35.5. The zero-order valence-corrected chi connectivity index (χ0v) is 15.7. The molecule has 3 N–H and O–H groups in total. The van der Waals surface area contributed by atoms with E-state index in [4.69, 9.17) is 33.5 Å². The molecule has 3 rings (SSSR count). The average molecular weight is 397 g/mol. The summed E-state index contributed by atoms with van der Waals surface area (Å²) in [5, 5.41) is 8.45. The van der Waals surface area contributed by atoms with Gasteiger partial charge in [0.1, 0.15) is 16.4 Å². The summed E-state index contributed by atoms with van der Waals surface area (Å²) in [6.07, 6.45) is 0. The molecule has 2 aromatic heterocycles. The number of halogens is 2. The summed E-state index contributed by atoms with van der Waals surface area (Å²) in [7, 11) is 0. The van der Waals surface area contributed by atoms with E-state index in [2.05, 4.69) is 15.5 Å². The number of hydrogen-bond donors (Lipinski definition) is 2. The van der Waals surface area contributed by atoms with E-state index in [1.165, 1.54) is 17.4 Å². The van der Waals surface area contributed by atoms with Crippen molar-refractivity contribution in [2.45, 2.75) is 19.9 Å². The highest BCUT2D eigenvalue weighted by Crippen LogP contribution is 2.31. The maximum atomic E-state index is 12.6. The first-order chi connectivity index (χ1) is 11.8. The molecule has 0 fully saturated rings. The van der Waals surface area contributed by atoms with Gasteiger partial charge in [0.15, 0.2) is 5.13 Å². The van der Waals surface area contributed by atoms with Gasteiger partial charge in [-0.3, -0.25) is 4.79 Å². The van der Waals surface area contributed by atoms with Crippen molar-refractivity contribution in [2.24, 2.45) is 0 Å². The van der Waals surface area contributed by atoms with E-state index in [1.54, 1.807) is 18.2 Å². The standard InChI is InChI=1S/C16H14Cl2N4O2S/c1-7(2)20-16-21-15(19)14(25-16)13(23)12-6-11(22-24-12)8-3-4-9(17)10(18)5-8/h3-7H,19H2,1-2H3,(H,20,21). The van der Waals surface area contributed by atoms with Crippen LogP contribution in [0.15, 0.2) is 28.8 Å². The van der Waals surface area contributed by atoms with Crippen molar-refractivity contribution in [3.05, 3.63) is 44.9 Å². The largest absolute Gasteiger partial charge is 0.382 e. The van der Waals surface area contributed by atoms with Gasteiger partial charge in [-0.15, -0.1) is 0 Å². The fourth-order valence-corrected chi connectivity index (χ4v) is 3.36. The topological polar surface area (TPSA) is 94.0 Å². The molecule has 0 spiro atoms. The minimum Gasteiger partial charge on any atom is -0.382 e. The van der Waals surface area contributed by atoms with Crippen LogP contribution >= 0.6 is 34.5 Å². The number of nitrogens with one attached hydrogen (secondary N) is 1. The predicted octanol–water partition coefficient (Wildman–Crippen LogP) is 4.74. The van der Waals surface area contributed by atoms with Crippen LogP contribution < -0.4 is 11.1 Å². The second-order valence-electron chi connectivity index (χ2n) is 5.57. The highest BCUT2D eigenvalue weighted by Gasteiger charge is 2.22. The van der Waals surface area contributed by atoms with Gasteiger partial charge in [-0.05, 0) is 26.0 Å². The lowest BCUT2D eigenvalue weighted by Gasteiger charge is -2.03. The molecule has 0 aliphatic heterocycles. The number of hydrogen-bond acceptors (Lipinski definition) is 7. The normalized spacial score (nSPS) is 11.1. The van der Waals surface area contributed by atoms with Crippen LogP contribution in [0.5, 0.6) is 0 Å². The second-order valence-corrected chi connectivity index (χ2v) is 7.38.